The van der Waals surface area contributed by atoms with Crippen molar-refractivity contribution >= 4 is 22.1 Å². The van der Waals surface area contributed by atoms with E-state index in [1.807, 2.05) is 0 Å². The Labute approximate surface area is 199 Å². The first-order valence-electron chi connectivity index (χ1n) is 11.6. The van der Waals surface area contributed by atoms with Crippen molar-refractivity contribution in [1.82, 2.24) is 24.3 Å². The minimum Gasteiger partial charge on any atom is -0.452 e. The van der Waals surface area contributed by atoms with Crippen LogP contribution in [0.4, 0.5) is 4.39 Å². The van der Waals surface area contributed by atoms with Gasteiger partial charge in [0.2, 0.25) is 0 Å². The molecule has 1 saturated heterocycles. The summed E-state index contributed by atoms with van der Waals surface area (Å²) in [6.45, 7) is 4.32. The lowest BCUT2D eigenvalue weighted by Crippen LogP contribution is -2.34. The third kappa shape index (κ3) is 3.56. The number of benzene rings is 1. The Hall–Kier alpha value is -3.79. The van der Waals surface area contributed by atoms with E-state index in [0.717, 1.165) is 6.42 Å². The van der Waals surface area contributed by atoms with Crippen molar-refractivity contribution in [3.8, 4) is 22.6 Å². The van der Waals surface area contributed by atoms with Crippen LogP contribution in [-0.4, -0.2) is 37.0 Å². The highest BCUT2D eigenvalue weighted by Gasteiger charge is 2.29. The van der Waals surface area contributed by atoms with E-state index in [-0.39, 0.29) is 23.4 Å². The summed E-state index contributed by atoms with van der Waals surface area (Å²) in [5, 5.41) is 4.82. The monoisotopic (exact) mass is 477 g/mol. The molecule has 0 N–H and O–H groups in total. The summed E-state index contributed by atoms with van der Waals surface area (Å²) in [5.41, 5.74) is 2.20. The van der Waals surface area contributed by atoms with Crippen LogP contribution in [0, 0.1) is 12.7 Å². The van der Waals surface area contributed by atoms with Crippen LogP contribution in [0.3, 0.4) is 0 Å². The summed E-state index contributed by atoms with van der Waals surface area (Å²) < 4.78 is 36.1. The zero-order valence-corrected chi connectivity index (χ0v) is 19.6. The lowest BCUT2D eigenvalue weighted by molar-refractivity contribution is -0.00709. The van der Waals surface area contributed by atoms with Gasteiger partial charge in [-0.3, -0.25) is 9.25 Å². The molecule has 0 radical (unpaired) electrons. The standard InChI is InChI=1S/C25H24FN5O4/c1-4-16-7-15(5-6-33-16)31-23-18-8-17(21-11-27-13(2)34-21)19(26)9-20(18)35-24(23)22(29-25(31)32)14-10-28-30(3)12-14/h8-12,15-16H,4-7H2,1-3H3. The average molecular weight is 477 g/mol. The van der Waals surface area contributed by atoms with E-state index in [2.05, 4.69) is 22.0 Å². The molecular formula is C25H24FN5O4. The van der Waals surface area contributed by atoms with Gasteiger partial charge in [-0.25, -0.2) is 14.2 Å². The number of ether oxygens (including phenoxy) is 1. The second-order valence-electron chi connectivity index (χ2n) is 8.95. The number of aryl methyl sites for hydroxylation is 2. The summed E-state index contributed by atoms with van der Waals surface area (Å²) in [6, 6.07) is 2.86. The molecule has 0 saturated carbocycles. The van der Waals surface area contributed by atoms with Gasteiger partial charge in [-0.15, -0.1) is 0 Å². The van der Waals surface area contributed by atoms with E-state index < -0.39 is 5.82 Å². The molecule has 1 aromatic carbocycles. The second kappa shape index (κ2) is 8.16. The molecule has 0 spiro atoms. The SMILES string of the molecule is CCC1CC(n2c(=O)nc(-c3cnn(C)c3)c3oc4cc(F)c(-c5cnc(C)o5)cc4c32)CCO1. The number of fused-ring (bicyclic) bond motifs is 3. The van der Waals surface area contributed by atoms with Crippen LogP contribution >= 0.6 is 0 Å². The summed E-state index contributed by atoms with van der Waals surface area (Å²) in [4.78, 5) is 22.0. The maximum Gasteiger partial charge on any atom is 0.349 e. The van der Waals surface area contributed by atoms with Crippen LogP contribution in [0.25, 0.3) is 44.7 Å². The van der Waals surface area contributed by atoms with Crippen LogP contribution in [-0.2, 0) is 11.8 Å². The Morgan fingerprint density at radius 2 is 2.09 bits per heavy atom. The smallest absolute Gasteiger partial charge is 0.349 e. The Morgan fingerprint density at radius 1 is 1.23 bits per heavy atom. The molecule has 10 heteroatoms. The third-order valence-electron chi connectivity index (χ3n) is 6.65. The van der Waals surface area contributed by atoms with Crippen LogP contribution < -0.4 is 5.69 Å². The van der Waals surface area contributed by atoms with Crippen LogP contribution in [0.2, 0.25) is 0 Å². The van der Waals surface area contributed by atoms with E-state index >= 15 is 4.39 Å². The minimum atomic E-state index is -0.505. The minimum absolute atomic E-state index is 0.0528. The van der Waals surface area contributed by atoms with Gasteiger partial charge in [-0.05, 0) is 25.3 Å². The molecule has 1 fully saturated rings. The highest BCUT2D eigenvalue weighted by Crippen LogP contribution is 2.39. The first-order valence-corrected chi connectivity index (χ1v) is 11.6. The maximum absolute atomic E-state index is 15.1. The van der Waals surface area contributed by atoms with E-state index in [4.69, 9.17) is 13.6 Å². The summed E-state index contributed by atoms with van der Waals surface area (Å²) in [5.74, 6) is 0.239. The molecule has 35 heavy (non-hydrogen) atoms. The predicted octanol–water partition coefficient (Wildman–Crippen LogP) is 4.78. The number of furan rings is 1. The van der Waals surface area contributed by atoms with Gasteiger partial charge in [-0.1, -0.05) is 6.92 Å². The Balaban J connectivity index is 1.68. The molecule has 0 bridgehead atoms. The number of aromatic nitrogens is 5. The van der Waals surface area contributed by atoms with Crippen molar-refractivity contribution in [1.29, 1.82) is 0 Å². The molecule has 9 nitrogen and oxygen atoms in total. The zero-order chi connectivity index (χ0) is 24.3. The average Bonchev–Trinajstić information content (AvgIpc) is 3.56. The molecule has 2 atom stereocenters. The number of hydrogen-bond donors (Lipinski definition) is 0. The molecule has 4 aromatic heterocycles. The van der Waals surface area contributed by atoms with Gasteiger partial charge < -0.3 is 13.6 Å². The number of hydrogen-bond acceptors (Lipinski definition) is 7. The molecule has 0 aliphatic carbocycles. The fourth-order valence-electron chi connectivity index (χ4n) is 4.93. The van der Waals surface area contributed by atoms with Gasteiger partial charge in [-0.2, -0.15) is 10.1 Å². The first-order chi connectivity index (χ1) is 16.9. The highest BCUT2D eigenvalue weighted by molar-refractivity contribution is 6.07. The van der Waals surface area contributed by atoms with Crippen molar-refractivity contribution < 1.29 is 18.0 Å². The van der Waals surface area contributed by atoms with Gasteiger partial charge in [0, 0.05) is 49.8 Å². The molecule has 5 aromatic rings. The molecule has 1 aliphatic rings. The number of halogens is 1. The summed E-state index contributed by atoms with van der Waals surface area (Å²) in [7, 11) is 1.79. The molecular weight excluding hydrogens is 453 g/mol. The number of rotatable bonds is 4. The van der Waals surface area contributed by atoms with Gasteiger partial charge >= 0.3 is 5.69 Å². The Bertz CT molecular complexity index is 1630. The maximum atomic E-state index is 15.1. The van der Waals surface area contributed by atoms with Crippen molar-refractivity contribution in [3.05, 3.63) is 52.9 Å². The fourth-order valence-corrected chi connectivity index (χ4v) is 4.93. The molecule has 1 aliphatic heterocycles. The summed E-state index contributed by atoms with van der Waals surface area (Å²) in [6.07, 6.45) is 7.14. The molecule has 6 rings (SSSR count). The quantitative estimate of drug-likeness (QED) is 0.367. The molecule has 5 heterocycles. The first kappa shape index (κ1) is 21.7. The van der Waals surface area contributed by atoms with Crippen LogP contribution in [0.15, 0.2) is 44.4 Å². The van der Waals surface area contributed by atoms with Gasteiger partial charge in [0.25, 0.3) is 0 Å². The predicted molar refractivity (Wildman–Crippen MR) is 126 cm³/mol. The van der Waals surface area contributed by atoms with E-state index in [9.17, 15) is 4.79 Å². The van der Waals surface area contributed by atoms with Crippen molar-refractivity contribution in [2.45, 2.75) is 45.3 Å². The fraction of sp³-hybridized carbons (Fsp3) is 0.360. The van der Waals surface area contributed by atoms with Crippen LogP contribution in [0.1, 0.15) is 38.1 Å². The molecule has 180 valence electrons. The van der Waals surface area contributed by atoms with Crippen molar-refractivity contribution in [2.24, 2.45) is 7.05 Å². The number of oxazole rings is 1. The summed E-state index contributed by atoms with van der Waals surface area (Å²) >= 11 is 0. The second-order valence-corrected chi connectivity index (χ2v) is 8.95. The van der Waals surface area contributed by atoms with Crippen molar-refractivity contribution in [2.75, 3.05) is 6.61 Å². The molecule has 2 unspecified atom stereocenters. The van der Waals surface area contributed by atoms with Gasteiger partial charge in [0.15, 0.2) is 17.2 Å². The van der Waals surface area contributed by atoms with E-state index in [1.54, 1.807) is 41.7 Å². The van der Waals surface area contributed by atoms with E-state index in [1.165, 1.54) is 12.3 Å². The van der Waals surface area contributed by atoms with Crippen molar-refractivity contribution in [3.63, 3.8) is 0 Å². The lowest BCUT2D eigenvalue weighted by atomic mass is 10.0. The topological polar surface area (TPSA) is 101 Å². The Morgan fingerprint density at radius 3 is 2.80 bits per heavy atom. The van der Waals surface area contributed by atoms with Gasteiger partial charge in [0.05, 0.1) is 24.1 Å². The lowest BCUT2D eigenvalue weighted by Gasteiger charge is -2.30. The van der Waals surface area contributed by atoms with Crippen LogP contribution in [0.5, 0.6) is 0 Å². The zero-order valence-electron chi connectivity index (χ0n) is 19.6. The van der Waals surface area contributed by atoms with E-state index in [0.29, 0.717) is 64.4 Å². The third-order valence-corrected chi connectivity index (χ3v) is 6.65. The Kier molecular flexibility index (Phi) is 5.06. The normalized spacial score (nSPS) is 18.6. The largest absolute Gasteiger partial charge is 0.452 e. The van der Waals surface area contributed by atoms with Gasteiger partial charge in [0.1, 0.15) is 22.6 Å². The number of nitrogens with zero attached hydrogens (tertiary/aromatic N) is 5. The highest BCUT2D eigenvalue weighted by atomic mass is 19.1. The molecule has 0 amide bonds.